The maximum atomic E-state index is 11.8. The Balaban J connectivity index is 2.49. The number of nitrogens with one attached hydrogen (secondary N) is 1. The Kier molecular flexibility index (Phi) is 7.97. The molecule has 0 aliphatic rings. The van der Waals surface area contributed by atoms with E-state index in [4.69, 9.17) is 27.9 Å². The van der Waals surface area contributed by atoms with Gasteiger partial charge in [0.25, 0.3) is 0 Å². The molecule has 0 aliphatic heterocycles. The maximum Gasteiger partial charge on any atom is 0.323 e. The highest BCUT2D eigenvalue weighted by atomic mass is 35.5. The van der Waals surface area contributed by atoms with E-state index in [1.165, 1.54) is 0 Å². The standard InChI is InChI=1S/C15H21Cl2NO2/c1-3-5-14(15(19)20-4-2)18-9-8-11-6-7-12(16)10-13(11)17/h6-7,10,14,18H,3-5,8-9H2,1-2H3. The molecule has 0 radical (unpaired) electrons. The van der Waals surface area contributed by atoms with Crippen molar-refractivity contribution in [3.05, 3.63) is 33.8 Å². The Hall–Kier alpha value is -0.770. The monoisotopic (exact) mass is 317 g/mol. The lowest BCUT2D eigenvalue weighted by molar-refractivity contribution is -0.145. The van der Waals surface area contributed by atoms with E-state index < -0.39 is 0 Å². The van der Waals surface area contributed by atoms with Gasteiger partial charge in [-0.2, -0.15) is 0 Å². The van der Waals surface area contributed by atoms with Crippen molar-refractivity contribution in [3.8, 4) is 0 Å². The summed E-state index contributed by atoms with van der Waals surface area (Å²) in [4.78, 5) is 11.8. The third-order valence-corrected chi connectivity index (χ3v) is 3.54. The van der Waals surface area contributed by atoms with Crippen LogP contribution in [0.4, 0.5) is 0 Å². The van der Waals surface area contributed by atoms with E-state index in [0.29, 0.717) is 23.2 Å². The van der Waals surface area contributed by atoms with E-state index in [-0.39, 0.29) is 12.0 Å². The van der Waals surface area contributed by atoms with Gasteiger partial charge in [-0.1, -0.05) is 42.6 Å². The van der Waals surface area contributed by atoms with Crippen molar-refractivity contribution in [2.45, 2.75) is 39.2 Å². The summed E-state index contributed by atoms with van der Waals surface area (Å²) in [6.07, 6.45) is 2.45. The van der Waals surface area contributed by atoms with E-state index >= 15 is 0 Å². The predicted octanol–water partition coefficient (Wildman–Crippen LogP) is 3.86. The van der Waals surface area contributed by atoms with Gasteiger partial charge in [-0.15, -0.1) is 0 Å². The number of carbonyl (C=O) groups excluding carboxylic acids is 1. The van der Waals surface area contributed by atoms with Crippen molar-refractivity contribution >= 4 is 29.2 Å². The van der Waals surface area contributed by atoms with Crippen LogP contribution in [0.5, 0.6) is 0 Å². The van der Waals surface area contributed by atoms with Crippen molar-refractivity contribution in [3.63, 3.8) is 0 Å². The molecule has 0 saturated carbocycles. The van der Waals surface area contributed by atoms with Crippen molar-refractivity contribution < 1.29 is 9.53 Å². The molecule has 0 bridgehead atoms. The minimum absolute atomic E-state index is 0.184. The fourth-order valence-corrected chi connectivity index (χ4v) is 2.44. The molecule has 0 fully saturated rings. The lowest BCUT2D eigenvalue weighted by Crippen LogP contribution is -2.39. The number of halogens is 2. The van der Waals surface area contributed by atoms with E-state index in [2.05, 4.69) is 5.32 Å². The Morgan fingerprint density at radius 1 is 1.35 bits per heavy atom. The Morgan fingerprint density at radius 2 is 2.10 bits per heavy atom. The molecule has 0 spiro atoms. The predicted molar refractivity (Wildman–Crippen MR) is 83.5 cm³/mol. The molecule has 0 saturated heterocycles. The van der Waals surface area contributed by atoms with E-state index in [1.807, 2.05) is 26.0 Å². The van der Waals surface area contributed by atoms with Gasteiger partial charge in [0, 0.05) is 16.6 Å². The van der Waals surface area contributed by atoms with Crippen LogP contribution in [0.25, 0.3) is 0 Å². The summed E-state index contributed by atoms with van der Waals surface area (Å²) < 4.78 is 5.05. The van der Waals surface area contributed by atoms with Crippen LogP contribution >= 0.6 is 23.2 Å². The van der Waals surface area contributed by atoms with Gasteiger partial charge < -0.3 is 10.1 Å². The third-order valence-electron chi connectivity index (χ3n) is 2.95. The van der Waals surface area contributed by atoms with Gasteiger partial charge in [0.1, 0.15) is 6.04 Å². The van der Waals surface area contributed by atoms with Crippen molar-refractivity contribution in [2.75, 3.05) is 13.2 Å². The van der Waals surface area contributed by atoms with Crippen molar-refractivity contribution in [2.24, 2.45) is 0 Å². The molecule has 1 aromatic rings. The van der Waals surface area contributed by atoms with Crippen LogP contribution in [0.1, 0.15) is 32.3 Å². The number of rotatable bonds is 8. The number of carbonyl (C=O) groups is 1. The van der Waals surface area contributed by atoms with Crippen molar-refractivity contribution in [1.82, 2.24) is 5.32 Å². The summed E-state index contributed by atoms with van der Waals surface area (Å²) in [7, 11) is 0. The number of esters is 1. The zero-order chi connectivity index (χ0) is 15.0. The van der Waals surface area contributed by atoms with Gasteiger partial charge in [0.15, 0.2) is 0 Å². The van der Waals surface area contributed by atoms with Crippen LogP contribution in [-0.4, -0.2) is 25.2 Å². The van der Waals surface area contributed by atoms with E-state index in [1.54, 1.807) is 6.07 Å². The summed E-state index contributed by atoms with van der Waals surface area (Å²) in [6, 6.07) is 5.21. The molecule has 0 aromatic heterocycles. The molecule has 1 N–H and O–H groups in total. The Morgan fingerprint density at radius 3 is 2.70 bits per heavy atom. The van der Waals surface area contributed by atoms with Gasteiger partial charge >= 0.3 is 5.97 Å². The average molecular weight is 318 g/mol. The van der Waals surface area contributed by atoms with Crippen LogP contribution in [0.2, 0.25) is 10.0 Å². The fraction of sp³-hybridized carbons (Fsp3) is 0.533. The summed E-state index contributed by atoms with van der Waals surface area (Å²) in [5.74, 6) is -0.184. The molecule has 3 nitrogen and oxygen atoms in total. The van der Waals surface area contributed by atoms with Crippen LogP contribution < -0.4 is 5.32 Å². The van der Waals surface area contributed by atoms with Crippen LogP contribution in [0.3, 0.4) is 0 Å². The number of benzene rings is 1. The molecular formula is C15H21Cl2NO2. The zero-order valence-electron chi connectivity index (χ0n) is 11.9. The summed E-state index contributed by atoms with van der Waals surface area (Å²) >= 11 is 12.0. The average Bonchev–Trinajstić information content (AvgIpc) is 2.40. The molecule has 0 aliphatic carbocycles. The highest BCUT2D eigenvalue weighted by molar-refractivity contribution is 6.35. The highest BCUT2D eigenvalue weighted by Gasteiger charge is 2.17. The topological polar surface area (TPSA) is 38.3 Å². The molecule has 0 amide bonds. The number of ether oxygens (including phenoxy) is 1. The van der Waals surface area contributed by atoms with Crippen molar-refractivity contribution in [1.29, 1.82) is 0 Å². The van der Waals surface area contributed by atoms with Crippen LogP contribution in [0, 0.1) is 0 Å². The fourth-order valence-electron chi connectivity index (χ4n) is 1.94. The quantitative estimate of drug-likeness (QED) is 0.740. The highest BCUT2D eigenvalue weighted by Crippen LogP contribution is 2.21. The minimum atomic E-state index is -0.244. The van der Waals surface area contributed by atoms with Crippen LogP contribution in [-0.2, 0) is 16.0 Å². The second-order valence-electron chi connectivity index (χ2n) is 4.53. The normalized spacial score (nSPS) is 12.2. The van der Waals surface area contributed by atoms with E-state index in [9.17, 15) is 4.79 Å². The second-order valence-corrected chi connectivity index (χ2v) is 5.38. The summed E-state index contributed by atoms with van der Waals surface area (Å²) in [6.45, 7) is 4.94. The smallest absolute Gasteiger partial charge is 0.323 e. The lowest BCUT2D eigenvalue weighted by atomic mass is 10.1. The Bertz CT molecular complexity index is 438. The molecular weight excluding hydrogens is 297 g/mol. The van der Waals surface area contributed by atoms with Crippen LogP contribution in [0.15, 0.2) is 18.2 Å². The second kappa shape index (κ2) is 9.22. The first kappa shape index (κ1) is 17.3. The molecule has 112 valence electrons. The van der Waals surface area contributed by atoms with Gasteiger partial charge in [-0.3, -0.25) is 4.79 Å². The molecule has 1 unspecified atom stereocenters. The van der Waals surface area contributed by atoms with E-state index in [0.717, 1.165) is 24.8 Å². The first-order valence-corrected chi connectivity index (χ1v) is 7.68. The molecule has 1 atom stereocenters. The molecule has 5 heteroatoms. The molecule has 1 rings (SSSR count). The minimum Gasteiger partial charge on any atom is -0.465 e. The Labute approximate surface area is 130 Å². The summed E-state index contributed by atoms with van der Waals surface area (Å²) in [5.41, 5.74) is 1.02. The van der Waals surface area contributed by atoms with Gasteiger partial charge in [-0.05, 0) is 37.5 Å². The SMILES string of the molecule is CCCC(NCCc1ccc(Cl)cc1Cl)C(=O)OCC. The first-order valence-electron chi connectivity index (χ1n) is 6.92. The lowest BCUT2D eigenvalue weighted by Gasteiger charge is -2.16. The maximum absolute atomic E-state index is 11.8. The summed E-state index contributed by atoms with van der Waals surface area (Å²) in [5, 5.41) is 4.51. The van der Waals surface area contributed by atoms with Gasteiger partial charge in [-0.25, -0.2) is 0 Å². The number of hydrogen-bond acceptors (Lipinski definition) is 3. The molecule has 20 heavy (non-hydrogen) atoms. The van der Waals surface area contributed by atoms with Gasteiger partial charge in [0.2, 0.25) is 0 Å². The van der Waals surface area contributed by atoms with Gasteiger partial charge in [0.05, 0.1) is 6.61 Å². The largest absolute Gasteiger partial charge is 0.465 e. The zero-order valence-corrected chi connectivity index (χ0v) is 13.4. The first-order chi connectivity index (χ1) is 9.58. The third kappa shape index (κ3) is 5.70. The number of hydrogen-bond donors (Lipinski definition) is 1. The molecule has 1 aromatic carbocycles. The molecule has 0 heterocycles.